The summed E-state index contributed by atoms with van der Waals surface area (Å²) in [7, 11) is -6.13. The van der Waals surface area contributed by atoms with Crippen molar-refractivity contribution in [1.29, 1.82) is 0 Å². The van der Waals surface area contributed by atoms with Gasteiger partial charge in [0, 0.05) is 37.7 Å². The van der Waals surface area contributed by atoms with Gasteiger partial charge in [-0.25, -0.2) is 9.55 Å². The Morgan fingerprint density at radius 3 is 2.04 bits per heavy atom. The average Bonchev–Trinajstić information content (AvgIpc) is 3.18. The number of nitrogens with zero attached hydrogens (tertiary/aromatic N) is 2. The molecule has 0 saturated carbocycles. The highest BCUT2D eigenvalue weighted by Gasteiger charge is 2.57. The number of aromatic nitrogens is 2. The lowest BCUT2D eigenvalue weighted by Crippen LogP contribution is -2.37. The SMILES string of the molecule is COP(=O)(OC)N(c1ncc[nH]1)[P+]1([O-])Oc2ccccc2-c2ccccc2O1. The molecule has 0 unspecified atom stereocenters. The molecule has 2 aromatic carbocycles. The number of aromatic amines is 1. The molecule has 146 valence electrons. The Labute approximate surface area is 162 Å². The smallest absolute Gasteiger partial charge is 0.474 e. The van der Waals surface area contributed by atoms with Gasteiger partial charge in [-0.05, 0) is 16.6 Å². The molecule has 11 heteroatoms. The van der Waals surface area contributed by atoms with Crippen molar-refractivity contribution in [2.75, 3.05) is 18.7 Å². The lowest BCUT2D eigenvalue weighted by molar-refractivity contribution is -0.202. The van der Waals surface area contributed by atoms with Gasteiger partial charge in [0.15, 0.2) is 11.5 Å². The zero-order valence-electron chi connectivity index (χ0n) is 15.0. The molecule has 1 aliphatic heterocycles. The van der Waals surface area contributed by atoms with Crippen LogP contribution in [0.25, 0.3) is 11.1 Å². The molecule has 0 amide bonds. The summed E-state index contributed by atoms with van der Waals surface area (Å²) in [6.45, 7) is 0. The first-order chi connectivity index (χ1) is 13.5. The number of nitrogens with one attached hydrogen (secondary N) is 1. The van der Waals surface area contributed by atoms with Gasteiger partial charge in [-0.1, -0.05) is 36.4 Å². The third-order valence-corrected chi connectivity index (χ3v) is 8.49. The molecule has 0 aliphatic carbocycles. The second kappa shape index (κ2) is 7.20. The number of para-hydroxylation sites is 2. The fraction of sp³-hybridized carbons (Fsp3) is 0.118. The van der Waals surface area contributed by atoms with E-state index in [1.54, 1.807) is 24.3 Å². The quantitative estimate of drug-likeness (QED) is 0.620. The first-order valence-corrected chi connectivity index (χ1v) is 11.2. The maximum Gasteiger partial charge on any atom is 0.474 e. The van der Waals surface area contributed by atoms with Crippen molar-refractivity contribution in [1.82, 2.24) is 9.97 Å². The molecule has 1 N–H and O–H groups in total. The molecule has 0 spiro atoms. The molecule has 1 aliphatic rings. The van der Waals surface area contributed by atoms with Crippen LogP contribution in [-0.2, 0) is 13.6 Å². The van der Waals surface area contributed by atoms with Crippen LogP contribution in [-0.4, -0.2) is 24.2 Å². The average molecular weight is 421 g/mol. The van der Waals surface area contributed by atoms with Gasteiger partial charge >= 0.3 is 15.8 Å². The zero-order valence-corrected chi connectivity index (χ0v) is 16.8. The van der Waals surface area contributed by atoms with E-state index in [1.807, 2.05) is 24.3 Å². The number of hydrogen-bond acceptors (Lipinski definition) is 7. The number of anilines is 1. The normalized spacial score (nSPS) is 14.8. The molecule has 4 rings (SSSR count). The van der Waals surface area contributed by atoms with Gasteiger partial charge < -0.3 is 9.88 Å². The number of imidazole rings is 1. The number of rotatable bonds is 5. The van der Waals surface area contributed by atoms with Crippen molar-refractivity contribution in [3.63, 3.8) is 0 Å². The summed E-state index contributed by atoms with van der Waals surface area (Å²) in [5.74, 6) is 0.546. The largest absolute Gasteiger partial charge is 0.596 e. The Bertz CT molecular complexity index is 974. The van der Waals surface area contributed by atoms with E-state index < -0.39 is 15.8 Å². The lowest BCUT2D eigenvalue weighted by Gasteiger charge is -2.35. The predicted octanol–water partition coefficient (Wildman–Crippen LogP) is 3.79. The third kappa shape index (κ3) is 3.07. The van der Waals surface area contributed by atoms with Crippen LogP contribution < -0.4 is 18.4 Å². The highest BCUT2D eigenvalue weighted by molar-refractivity contribution is 7.77. The second-order valence-electron chi connectivity index (χ2n) is 5.68. The van der Waals surface area contributed by atoms with Crippen molar-refractivity contribution in [3.05, 3.63) is 60.9 Å². The molecule has 0 bridgehead atoms. The lowest BCUT2D eigenvalue weighted by atomic mass is 10.0. The monoisotopic (exact) mass is 421 g/mol. The minimum absolute atomic E-state index is 0.0489. The van der Waals surface area contributed by atoms with Gasteiger partial charge in [0.1, 0.15) is 0 Å². The van der Waals surface area contributed by atoms with E-state index in [0.29, 0.717) is 22.6 Å². The van der Waals surface area contributed by atoms with E-state index in [-0.39, 0.29) is 5.95 Å². The Balaban J connectivity index is 1.94. The third-order valence-electron chi connectivity index (χ3n) is 4.09. The fourth-order valence-electron chi connectivity index (χ4n) is 2.84. The summed E-state index contributed by atoms with van der Waals surface area (Å²) in [4.78, 5) is 20.8. The van der Waals surface area contributed by atoms with Crippen LogP contribution in [0.15, 0.2) is 60.9 Å². The highest BCUT2D eigenvalue weighted by Crippen LogP contribution is 2.71. The Morgan fingerprint density at radius 2 is 1.57 bits per heavy atom. The van der Waals surface area contributed by atoms with Crippen LogP contribution in [0, 0.1) is 0 Å². The van der Waals surface area contributed by atoms with Crippen molar-refractivity contribution >= 4 is 21.8 Å². The number of benzene rings is 2. The standard InChI is InChI=1S/C17H17N3O6P2/c1-23-27(21,24-2)20(17-18-11-12-19-17)28(22)25-15-9-5-3-7-13(15)14-8-4-6-10-16(14)26-28/h3-12H,1-2H3,(H,18,19). The van der Waals surface area contributed by atoms with E-state index in [0.717, 1.165) is 4.44 Å². The number of H-pyrrole nitrogens is 1. The number of fused-ring (bicyclic) bond motifs is 3. The molecule has 0 radical (unpaired) electrons. The summed E-state index contributed by atoms with van der Waals surface area (Å²) in [6.07, 6.45) is 2.88. The topological polar surface area (TPSA) is 109 Å². The highest BCUT2D eigenvalue weighted by atomic mass is 31.3. The minimum atomic E-state index is -4.35. The molecule has 0 atom stereocenters. The summed E-state index contributed by atoms with van der Waals surface area (Å²) < 4.78 is 35.9. The van der Waals surface area contributed by atoms with Crippen LogP contribution in [0.2, 0.25) is 0 Å². The van der Waals surface area contributed by atoms with E-state index in [1.165, 1.54) is 26.6 Å². The van der Waals surface area contributed by atoms with E-state index in [2.05, 4.69) is 9.97 Å². The van der Waals surface area contributed by atoms with Crippen molar-refractivity contribution < 1.29 is 27.6 Å². The molecule has 2 heterocycles. The summed E-state index contributed by atoms with van der Waals surface area (Å²) in [5.41, 5.74) is 1.36. The van der Waals surface area contributed by atoms with Crippen molar-refractivity contribution in [2.24, 2.45) is 0 Å². The summed E-state index contributed by atoms with van der Waals surface area (Å²) in [5, 5.41) is 0. The van der Waals surface area contributed by atoms with Gasteiger partial charge in [0.05, 0.1) is 0 Å². The van der Waals surface area contributed by atoms with Crippen LogP contribution in [0.1, 0.15) is 0 Å². The molecule has 0 fully saturated rings. The fourth-order valence-corrected chi connectivity index (χ4v) is 6.72. The molecular weight excluding hydrogens is 404 g/mol. The van der Waals surface area contributed by atoms with Gasteiger partial charge in [-0.3, -0.25) is 18.1 Å². The van der Waals surface area contributed by atoms with Crippen LogP contribution in [0.4, 0.5) is 5.95 Å². The van der Waals surface area contributed by atoms with Crippen LogP contribution in [0.5, 0.6) is 11.5 Å². The first kappa shape index (κ1) is 18.9. The molecule has 0 saturated heterocycles. The van der Waals surface area contributed by atoms with E-state index in [4.69, 9.17) is 18.1 Å². The van der Waals surface area contributed by atoms with Crippen LogP contribution in [0.3, 0.4) is 0 Å². The van der Waals surface area contributed by atoms with Gasteiger partial charge in [-0.2, -0.15) is 0 Å². The van der Waals surface area contributed by atoms with Gasteiger partial charge in [0.25, 0.3) is 5.95 Å². The van der Waals surface area contributed by atoms with E-state index >= 15 is 0 Å². The van der Waals surface area contributed by atoms with Crippen LogP contribution >= 0.6 is 15.8 Å². The molecule has 1 aromatic heterocycles. The van der Waals surface area contributed by atoms with Crippen molar-refractivity contribution in [2.45, 2.75) is 0 Å². The summed E-state index contributed by atoms with van der Waals surface area (Å²) in [6, 6.07) is 14.1. The zero-order chi connectivity index (χ0) is 19.8. The Kier molecular flexibility index (Phi) is 4.87. The van der Waals surface area contributed by atoms with E-state index in [9.17, 15) is 9.46 Å². The minimum Gasteiger partial charge on any atom is -0.596 e. The molecule has 9 nitrogen and oxygen atoms in total. The maximum absolute atomic E-state index is 14.0. The second-order valence-corrected chi connectivity index (χ2v) is 9.76. The predicted molar refractivity (Wildman–Crippen MR) is 103 cm³/mol. The molecule has 28 heavy (non-hydrogen) atoms. The number of hydrogen-bond donors (Lipinski definition) is 1. The Morgan fingerprint density at radius 1 is 1.04 bits per heavy atom. The maximum atomic E-state index is 14.0. The van der Waals surface area contributed by atoms with Gasteiger partial charge in [0.2, 0.25) is 0 Å². The first-order valence-electron chi connectivity index (χ1n) is 8.20. The summed E-state index contributed by atoms with van der Waals surface area (Å²) >= 11 is 0. The van der Waals surface area contributed by atoms with Crippen molar-refractivity contribution in [3.8, 4) is 22.6 Å². The Hall–Kier alpha value is -2.41. The van der Waals surface area contributed by atoms with Gasteiger partial charge in [-0.15, -0.1) is 0 Å². The molecule has 3 aromatic rings. The molecular formula is C17H17N3O6P2.